The zero-order valence-corrected chi connectivity index (χ0v) is 12.6. The van der Waals surface area contributed by atoms with Gasteiger partial charge in [0.05, 0.1) is 0 Å². The fourth-order valence-electron chi connectivity index (χ4n) is 3.75. The molecule has 2 fully saturated rings. The van der Waals surface area contributed by atoms with Gasteiger partial charge in [0, 0.05) is 24.5 Å². The summed E-state index contributed by atoms with van der Waals surface area (Å²) in [4.78, 5) is 14.3. The maximum absolute atomic E-state index is 12.3. The quantitative estimate of drug-likeness (QED) is 0.771. The summed E-state index contributed by atoms with van der Waals surface area (Å²) in [6.45, 7) is 1.78. The fraction of sp³-hybridized carbons (Fsp3) is 0.588. The van der Waals surface area contributed by atoms with E-state index in [1.807, 2.05) is 29.2 Å². The van der Waals surface area contributed by atoms with Crippen molar-refractivity contribution < 1.29 is 4.79 Å². The lowest BCUT2D eigenvalue weighted by Crippen LogP contribution is -2.45. The number of carbonyl (C=O) groups is 1. The minimum absolute atomic E-state index is 0.0189. The van der Waals surface area contributed by atoms with Gasteiger partial charge in [-0.25, -0.2) is 4.79 Å². The van der Waals surface area contributed by atoms with E-state index in [2.05, 4.69) is 5.32 Å². The van der Waals surface area contributed by atoms with Gasteiger partial charge in [-0.05, 0) is 55.4 Å². The predicted molar refractivity (Wildman–Crippen MR) is 86.2 cm³/mol. The average Bonchev–Trinajstić information content (AvgIpc) is 2.51. The minimum atomic E-state index is 0.0189. The van der Waals surface area contributed by atoms with Crippen molar-refractivity contribution >= 4 is 17.4 Å². The van der Waals surface area contributed by atoms with Crippen molar-refractivity contribution in [3.8, 4) is 0 Å². The maximum atomic E-state index is 12.3. The van der Waals surface area contributed by atoms with E-state index in [9.17, 15) is 4.79 Å². The molecule has 3 rings (SSSR count). The number of nitrogens with two attached hydrogens (primary N) is 1. The molecular formula is C17H25N3O. The summed E-state index contributed by atoms with van der Waals surface area (Å²) in [6, 6.07) is 7.33. The molecule has 0 radical (unpaired) electrons. The van der Waals surface area contributed by atoms with Crippen molar-refractivity contribution in [1.29, 1.82) is 0 Å². The lowest BCUT2D eigenvalue weighted by Gasteiger charge is -2.44. The second kappa shape index (κ2) is 5.96. The van der Waals surface area contributed by atoms with Crippen LogP contribution in [0.15, 0.2) is 24.3 Å². The van der Waals surface area contributed by atoms with Crippen LogP contribution < -0.4 is 11.1 Å². The van der Waals surface area contributed by atoms with Crippen LogP contribution in [0.25, 0.3) is 0 Å². The molecule has 1 spiro atoms. The third-order valence-corrected chi connectivity index (χ3v) is 5.19. The highest BCUT2D eigenvalue weighted by Gasteiger charge is 2.36. The zero-order chi connectivity index (χ0) is 14.7. The van der Waals surface area contributed by atoms with Crippen molar-refractivity contribution in [1.82, 2.24) is 4.90 Å². The summed E-state index contributed by atoms with van der Waals surface area (Å²) in [7, 11) is 0. The highest BCUT2D eigenvalue weighted by Crippen LogP contribution is 2.44. The van der Waals surface area contributed by atoms with Crippen molar-refractivity contribution in [3.63, 3.8) is 0 Å². The van der Waals surface area contributed by atoms with Crippen LogP contribution in [0.3, 0.4) is 0 Å². The number of carbonyl (C=O) groups excluding carboxylic acids is 1. The van der Waals surface area contributed by atoms with E-state index in [-0.39, 0.29) is 6.03 Å². The molecule has 2 aliphatic rings. The Bertz CT molecular complexity index is 481. The first-order chi connectivity index (χ1) is 10.2. The Balaban J connectivity index is 1.54. The second-order valence-electron chi connectivity index (χ2n) is 6.60. The molecular weight excluding hydrogens is 262 g/mol. The molecule has 0 bridgehead atoms. The lowest BCUT2D eigenvalue weighted by molar-refractivity contribution is 0.0849. The summed E-state index contributed by atoms with van der Waals surface area (Å²) in [5.74, 6) is 0. The first-order valence-electron chi connectivity index (χ1n) is 8.08. The minimum Gasteiger partial charge on any atom is -0.399 e. The highest BCUT2D eigenvalue weighted by molar-refractivity contribution is 5.89. The number of likely N-dealkylation sites (tertiary alicyclic amines) is 1. The van der Waals surface area contributed by atoms with Crippen LogP contribution in [0.4, 0.5) is 16.2 Å². The average molecular weight is 287 g/mol. The standard InChI is InChI=1S/C17H25N3O/c18-14-4-6-15(7-5-14)19-16(21)20-12-10-17(11-13-20)8-2-1-3-9-17/h4-7H,1-3,8-13,18H2,(H,19,21). The van der Waals surface area contributed by atoms with Crippen LogP contribution in [-0.4, -0.2) is 24.0 Å². The molecule has 0 unspecified atom stereocenters. The molecule has 4 heteroatoms. The van der Waals surface area contributed by atoms with Crippen LogP contribution in [0.5, 0.6) is 0 Å². The van der Waals surface area contributed by atoms with Gasteiger partial charge in [-0.2, -0.15) is 0 Å². The first kappa shape index (κ1) is 14.2. The molecule has 2 amide bonds. The molecule has 0 aromatic heterocycles. The summed E-state index contributed by atoms with van der Waals surface area (Å²) in [6.07, 6.45) is 9.20. The molecule has 1 aromatic carbocycles. The van der Waals surface area contributed by atoms with Crippen LogP contribution >= 0.6 is 0 Å². The van der Waals surface area contributed by atoms with Gasteiger partial charge >= 0.3 is 6.03 Å². The number of urea groups is 1. The third kappa shape index (κ3) is 3.31. The van der Waals surface area contributed by atoms with Crippen LogP contribution in [0.1, 0.15) is 44.9 Å². The molecule has 0 atom stereocenters. The van der Waals surface area contributed by atoms with Gasteiger partial charge in [0.2, 0.25) is 0 Å². The monoisotopic (exact) mass is 287 g/mol. The van der Waals surface area contributed by atoms with Crippen molar-refractivity contribution in [3.05, 3.63) is 24.3 Å². The fourth-order valence-corrected chi connectivity index (χ4v) is 3.75. The van der Waals surface area contributed by atoms with Crippen molar-refractivity contribution in [2.24, 2.45) is 5.41 Å². The van der Waals surface area contributed by atoms with Crippen LogP contribution in [0, 0.1) is 5.41 Å². The number of piperidine rings is 1. The Morgan fingerprint density at radius 1 is 1.00 bits per heavy atom. The Labute approximate surface area is 126 Å². The van der Waals surface area contributed by atoms with Gasteiger partial charge in [0.15, 0.2) is 0 Å². The predicted octanol–water partition coefficient (Wildman–Crippen LogP) is 3.85. The smallest absolute Gasteiger partial charge is 0.321 e. The van der Waals surface area contributed by atoms with Crippen LogP contribution in [-0.2, 0) is 0 Å². The van der Waals surface area contributed by atoms with Gasteiger partial charge in [-0.15, -0.1) is 0 Å². The van der Waals surface area contributed by atoms with Gasteiger partial charge in [0.25, 0.3) is 0 Å². The van der Waals surface area contributed by atoms with E-state index in [1.165, 1.54) is 44.9 Å². The van der Waals surface area contributed by atoms with E-state index in [4.69, 9.17) is 5.73 Å². The number of anilines is 2. The molecule has 1 heterocycles. The molecule has 21 heavy (non-hydrogen) atoms. The SMILES string of the molecule is Nc1ccc(NC(=O)N2CCC3(CCCCC3)CC2)cc1. The van der Waals surface area contributed by atoms with Gasteiger partial charge < -0.3 is 16.0 Å². The number of hydrogen-bond acceptors (Lipinski definition) is 2. The summed E-state index contributed by atoms with van der Waals surface area (Å²) in [5.41, 5.74) is 7.72. The first-order valence-corrected chi connectivity index (χ1v) is 8.08. The molecule has 1 saturated carbocycles. The molecule has 3 N–H and O–H groups in total. The van der Waals surface area contributed by atoms with E-state index >= 15 is 0 Å². The summed E-state index contributed by atoms with van der Waals surface area (Å²) >= 11 is 0. The maximum Gasteiger partial charge on any atom is 0.321 e. The lowest BCUT2D eigenvalue weighted by atomic mass is 9.68. The Morgan fingerprint density at radius 2 is 1.62 bits per heavy atom. The Kier molecular flexibility index (Phi) is 4.04. The third-order valence-electron chi connectivity index (χ3n) is 5.19. The number of rotatable bonds is 1. The van der Waals surface area contributed by atoms with E-state index in [0.717, 1.165) is 18.8 Å². The van der Waals surface area contributed by atoms with E-state index in [1.54, 1.807) is 0 Å². The van der Waals surface area contributed by atoms with Gasteiger partial charge in [-0.1, -0.05) is 19.3 Å². The summed E-state index contributed by atoms with van der Waals surface area (Å²) in [5, 5.41) is 2.96. The number of amides is 2. The van der Waals surface area contributed by atoms with Crippen molar-refractivity contribution in [2.45, 2.75) is 44.9 Å². The topological polar surface area (TPSA) is 58.4 Å². The largest absolute Gasteiger partial charge is 0.399 e. The molecule has 1 saturated heterocycles. The number of nitrogens with zero attached hydrogens (tertiary/aromatic N) is 1. The Morgan fingerprint density at radius 3 is 2.24 bits per heavy atom. The van der Waals surface area contributed by atoms with Gasteiger partial charge in [-0.3, -0.25) is 0 Å². The highest BCUT2D eigenvalue weighted by atomic mass is 16.2. The molecule has 1 aromatic rings. The molecule has 1 aliphatic heterocycles. The van der Waals surface area contributed by atoms with Crippen molar-refractivity contribution in [2.75, 3.05) is 24.1 Å². The van der Waals surface area contributed by atoms with E-state index < -0.39 is 0 Å². The second-order valence-corrected chi connectivity index (χ2v) is 6.60. The normalized spacial score (nSPS) is 21.2. The van der Waals surface area contributed by atoms with Gasteiger partial charge in [0.1, 0.15) is 0 Å². The number of benzene rings is 1. The zero-order valence-electron chi connectivity index (χ0n) is 12.6. The summed E-state index contributed by atoms with van der Waals surface area (Å²) < 4.78 is 0. The number of nitrogens with one attached hydrogen (secondary N) is 1. The number of nitrogen functional groups attached to an aromatic ring is 1. The molecule has 1 aliphatic carbocycles. The van der Waals surface area contributed by atoms with E-state index in [0.29, 0.717) is 11.1 Å². The Hall–Kier alpha value is -1.71. The number of hydrogen-bond donors (Lipinski definition) is 2. The van der Waals surface area contributed by atoms with Crippen LogP contribution in [0.2, 0.25) is 0 Å². The molecule has 4 nitrogen and oxygen atoms in total. The molecule has 114 valence electrons.